The number of unbranched alkanes of at least 4 members (excludes halogenated alkanes) is 1. The lowest BCUT2D eigenvalue weighted by atomic mass is 9.95. The third-order valence-electron chi connectivity index (χ3n) is 2.86. The van der Waals surface area contributed by atoms with E-state index < -0.39 is 0 Å². The van der Waals surface area contributed by atoms with Crippen LogP contribution in [0.25, 0.3) is 0 Å². The van der Waals surface area contributed by atoms with Crippen molar-refractivity contribution >= 4 is 5.97 Å². The molecule has 0 aromatic carbocycles. The average molecular weight is 231 g/mol. The van der Waals surface area contributed by atoms with Gasteiger partial charge in [-0.25, -0.2) is 0 Å². The third kappa shape index (κ3) is 6.80. The van der Waals surface area contributed by atoms with E-state index in [0.29, 0.717) is 13.0 Å². The van der Waals surface area contributed by atoms with Gasteiger partial charge in [0.05, 0.1) is 13.2 Å². The first-order valence-electron chi connectivity index (χ1n) is 6.09. The molecule has 0 heterocycles. The lowest BCUT2D eigenvalue weighted by Crippen LogP contribution is -2.45. The maximum Gasteiger partial charge on any atom is 0.319 e. The zero-order valence-electron chi connectivity index (χ0n) is 10.7. The Bertz CT molecular complexity index is 197. The van der Waals surface area contributed by atoms with Crippen LogP contribution in [-0.4, -0.2) is 36.4 Å². The monoisotopic (exact) mass is 231 g/mol. The highest BCUT2D eigenvalue weighted by Gasteiger charge is 2.21. The summed E-state index contributed by atoms with van der Waals surface area (Å²) in [6.45, 7) is 6.94. The number of hydrogen-bond acceptors (Lipinski definition) is 4. The molecule has 0 aliphatic carbocycles. The molecule has 96 valence electrons. The lowest BCUT2D eigenvalue weighted by molar-refractivity contribution is -0.143. The van der Waals surface area contributed by atoms with Crippen molar-refractivity contribution in [1.82, 2.24) is 5.32 Å². The summed E-state index contributed by atoms with van der Waals surface area (Å²) in [4.78, 5) is 11.3. The van der Waals surface area contributed by atoms with E-state index >= 15 is 0 Å². The Balaban J connectivity index is 3.79. The number of ether oxygens (including phenoxy) is 1. The van der Waals surface area contributed by atoms with Gasteiger partial charge < -0.3 is 15.2 Å². The summed E-state index contributed by atoms with van der Waals surface area (Å²) >= 11 is 0. The molecule has 4 heteroatoms. The standard InChI is InChI=1S/C12H25NO3/c1-4-6-9-16-11(15)10-13-12(3,5-2)7-8-14/h13-14H,4-10H2,1-3H3. The molecular weight excluding hydrogens is 206 g/mol. The molecule has 4 nitrogen and oxygen atoms in total. The predicted molar refractivity (Wildman–Crippen MR) is 64.3 cm³/mol. The molecular formula is C12H25NO3. The van der Waals surface area contributed by atoms with Crippen molar-refractivity contribution in [2.75, 3.05) is 19.8 Å². The zero-order valence-corrected chi connectivity index (χ0v) is 10.7. The molecule has 0 amide bonds. The van der Waals surface area contributed by atoms with Crippen molar-refractivity contribution in [2.45, 2.75) is 52.0 Å². The summed E-state index contributed by atoms with van der Waals surface area (Å²) < 4.78 is 5.04. The van der Waals surface area contributed by atoms with Crippen LogP contribution in [0.4, 0.5) is 0 Å². The van der Waals surface area contributed by atoms with Crippen molar-refractivity contribution < 1.29 is 14.6 Å². The fraction of sp³-hybridized carbons (Fsp3) is 0.917. The molecule has 0 aromatic heterocycles. The van der Waals surface area contributed by atoms with E-state index in [0.717, 1.165) is 19.3 Å². The number of nitrogens with one attached hydrogen (secondary N) is 1. The van der Waals surface area contributed by atoms with Crippen LogP contribution in [0.2, 0.25) is 0 Å². The summed E-state index contributed by atoms with van der Waals surface area (Å²) in [5.41, 5.74) is -0.182. The Morgan fingerprint density at radius 2 is 2.12 bits per heavy atom. The van der Waals surface area contributed by atoms with Crippen molar-refractivity contribution in [3.63, 3.8) is 0 Å². The highest BCUT2D eigenvalue weighted by Crippen LogP contribution is 2.13. The van der Waals surface area contributed by atoms with Crippen LogP contribution in [0, 0.1) is 0 Å². The Kier molecular flexibility index (Phi) is 8.21. The molecule has 0 radical (unpaired) electrons. The van der Waals surface area contributed by atoms with Crippen LogP contribution >= 0.6 is 0 Å². The van der Waals surface area contributed by atoms with Gasteiger partial charge in [-0.1, -0.05) is 20.3 Å². The van der Waals surface area contributed by atoms with Gasteiger partial charge >= 0.3 is 5.97 Å². The average Bonchev–Trinajstić information content (AvgIpc) is 2.27. The van der Waals surface area contributed by atoms with Crippen molar-refractivity contribution in [1.29, 1.82) is 0 Å². The molecule has 16 heavy (non-hydrogen) atoms. The van der Waals surface area contributed by atoms with Crippen LogP contribution in [-0.2, 0) is 9.53 Å². The van der Waals surface area contributed by atoms with Gasteiger partial charge in [-0.3, -0.25) is 4.79 Å². The van der Waals surface area contributed by atoms with Crippen LogP contribution in [0.3, 0.4) is 0 Å². The molecule has 0 spiro atoms. The first-order valence-corrected chi connectivity index (χ1v) is 6.09. The summed E-state index contributed by atoms with van der Waals surface area (Å²) in [6, 6.07) is 0. The highest BCUT2D eigenvalue weighted by atomic mass is 16.5. The van der Waals surface area contributed by atoms with Crippen LogP contribution < -0.4 is 5.32 Å². The largest absolute Gasteiger partial charge is 0.465 e. The topological polar surface area (TPSA) is 58.6 Å². The zero-order chi connectivity index (χ0) is 12.4. The van der Waals surface area contributed by atoms with Gasteiger partial charge in [-0.15, -0.1) is 0 Å². The Labute approximate surface area is 98.4 Å². The second-order valence-corrected chi connectivity index (χ2v) is 4.32. The number of hydrogen-bond donors (Lipinski definition) is 2. The molecule has 0 bridgehead atoms. The summed E-state index contributed by atoms with van der Waals surface area (Å²) in [6.07, 6.45) is 3.45. The first kappa shape index (κ1) is 15.4. The number of esters is 1. The van der Waals surface area contributed by atoms with E-state index in [2.05, 4.69) is 12.2 Å². The summed E-state index contributed by atoms with van der Waals surface area (Å²) in [7, 11) is 0. The molecule has 0 rings (SSSR count). The number of rotatable bonds is 9. The summed E-state index contributed by atoms with van der Waals surface area (Å²) in [5.74, 6) is -0.217. The SMILES string of the molecule is CCCCOC(=O)CNC(C)(CC)CCO. The van der Waals surface area contributed by atoms with E-state index in [-0.39, 0.29) is 24.7 Å². The minimum atomic E-state index is -0.217. The minimum Gasteiger partial charge on any atom is -0.465 e. The van der Waals surface area contributed by atoms with Crippen molar-refractivity contribution in [2.24, 2.45) is 0 Å². The number of aliphatic hydroxyl groups is 1. The van der Waals surface area contributed by atoms with E-state index in [4.69, 9.17) is 9.84 Å². The fourth-order valence-corrected chi connectivity index (χ4v) is 1.30. The van der Waals surface area contributed by atoms with Crippen LogP contribution in [0.15, 0.2) is 0 Å². The molecule has 1 atom stereocenters. The van der Waals surface area contributed by atoms with Crippen LogP contribution in [0.1, 0.15) is 46.5 Å². The maximum atomic E-state index is 11.3. The van der Waals surface area contributed by atoms with Gasteiger partial charge in [0.15, 0.2) is 0 Å². The normalized spacial score (nSPS) is 14.5. The second kappa shape index (κ2) is 8.53. The van der Waals surface area contributed by atoms with E-state index in [1.54, 1.807) is 0 Å². The maximum absolute atomic E-state index is 11.3. The van der Waals surface area contributed by atoms with Gasteiger partial charge in [0, 0.05) is 12.1 Å². The smallest absolute Gasteiger partial charge is 0.319 e. The number of carbonyl (C=O) groups excluding carboxylic acids is 1. The quantitative estimate of drug-likeness (QED) is 0.466. The Hall–Kier alpha value is -0.610. The van der Waals surface area contributed by atoms with Crippen LogP contribution in [0.5, 0.6) is 0 Å². The summed E-state index contributed by atoms with van der Waals surface area (Å²) in [5, 5.41) is 12.1. The predicted octanol–water partition coefficient (Wildman–Crippen LogP) is 1.47. The molecule has 2 N–H and O–H groups in total. The molecule has 0 saturated heterocycles. The molecule has 0 aliphatic heterocycles. The highest BCUT2D eigenvalue weighted by molar-refractivity contribution is 5.71. The van der Waals surface area contributed by atoms with Gasteiger partial charge in [0.1, 0.15) is 0 Å². The second-order valence-electron chi connectivity index (χ2n) is 4.32. The molecule has 0 aliphatic rings. The van der Waals surface area contributed by atoms with Crippen molar-refractivity contribution in [3.05, 3.63) is 0 Å². The van der Waals surface area contributed by atoms with Crippen molar-refractivity contribution in [3.8, 4) is 0 Å². The van der Waals surface area contributed by atoms with Gasteiger partial charge in [-0.2, -0.15) is 0 Å². The lowest BCUT2D eigenvalue weighted by Gasteiger charge is -2.28. The first-order chi connectivity index (χ1) is 7.58. The molecule has 1 unspecified atom stereocenters. The molecule has 0 fully saturated rings. The van der Waals surface area contributed by atoms with E-state index in [1.807, 2.05) is 13.8 Å². The van der Waals surface area contributed by atoms with E-state index in [1.165, 1.54) is 0 Å². The van der Waals surface area contributed by atoms with Gasteiger partial charge in [-0.05, 0) is 26.2 Å². The third-order valence-corrected chi connectivity index (χ3v) is 2.86. The Morgan fingerprint density at radius 3 is 2.62 bits per heavy atom. The minimum absolute atomic E-state index is 0.127. The van der Waals surface area contributed by atoms with Gasteiger partial charge in [0.2, 0.25) is 0 Å². The fourth-order valence-electron chi connectivity index (χ4n) is 1.30. The number of aliphatic hydroxyl groups excluding tert-OH is 1. The van der Waals surface area contributed by atoms with Gasteiger partial charge in [0.25, 0.3) is 0 Å². The van der Waals surface area contributed by atoms with E-state index in [9.17, 15) is 4.79 Å². The molecule has 0 aromatic rings. The molecule has 0 saturated carbocycles. The number of carbonyl (C=O) groups is 1. The Morgan fingerprint density at radius 1 is 1.44 bits per heavy atom.